The number of aromatic nitrogens is 4. The predicted molar refractivity (Wildman–Crippen MR) is 82.6 cm³/mol. The van der Waals surface area contributed by atoms with Crippen LogP contribution < -0.4 is 5.32 Å². The van der Waals surface area contributed by atoms with Crippen LogP contribution in [-0.4, -0.2) is 43.5 Å². The summed E-state index contributed by atoms with van der Waals surface area (Å²) in [6.45, 7) is 8.26. The average Bonchev–Trinajstić information content (AvgIpc) is 2.93. The van der Waals surface area contributed by atoms with Crippen molar-refractivity contribution in [2.24, 2.45) is 5.41 Å². The number of amides is 1. The molecule has 0 saturated carbocycles. The lowest BCUT2D eigenvalue weighted by Crippen LogP contribution is -2.32. The molecular formula is C15H19N5O3. The first-order chi connectivity index (χ1) is 10.7. The van der Waals surface area contributed by atoms with Gasteiger partial charge in [-0.15, -0.1) is 5.10 Å². The lowest BCUT2D eigenvalue weighted by atomic mass is 9.97. The second kappa shape index (κ2) is 6.15. The number of pyridine rings is 1. The number of nitrogens with one attached hydrogen (secondary N) is 1. The summed E-state index contributed by atoms with van der Waals surface area (Å²) < 4.78 is 1.35. The highest BCUT2D eigenvalue weighted by molar-refractivity contribution is 5.92. The summed E-state index contributed by atoms with van der Waals surface area (Å²) in [5, 5.41) is 19.5. The van der Waals surface area contributed by atoms with E-state index in [0.29, 0.717) is 17.9 Å². The number of carbonyl (C=O) groups is 2. The van der Waals surface area contributed by atoms with Gasteiger partial charge in [-0.1, -0.05) is 26.0 Å². The van der Waals surface area contributed by atoms with Crippen LogP contribution in [0.5, 0.6) is 0 Å². The smallest absolute Gasteiger partial charge is 0.337 e. The molecule has 2 N–H and O–H groups in total. The number of rotatable bonds is 4. The van der Waals surface area contributed by atoms with Crippen molar-refractivity contribution < 1.29 is 14.7 Å². The highest BCUT2D eigenvalue weighted by atomic mass is 16.4. The number of aryl methyl sites for hydroxylation is 1. The highest BCUT2D eigenvalue weighted by Gasteiger charge is 2.17. The molecule has 0 atom stereocenters. The average molecular weight is 317 g/mol. The minimum absolute atomic E-state index is 0.0397. The van der Waals surface area contributed by atoms with Crippen LogP contribution in [0.25, 0.3) is 5.69 Å². The Bertz CT molecular complexity index is 746. The maximum Gasteiger partial charge on any atom is 0.337 e. The first kappa shape index (κ1) is 16.6. The molecule has 0 saturated heterocycles. The fourth-order valence-corrected chi connectivity index (χ4v) is 1.79. The molecule has 23 heavy (non-hydrogen) atoms. The fraction of sp³-hybridized carbons (Fsp3) is 0.400. The van der Waals surface area contributed by atoms with E-state index in [9.17, 15) is 9.59 Å². The van der Waals surface area contributed by atoms with E-state index in [1.54, 1.807) is 6.92 Å². The Balaban J connectivity index is 2.24. The molecule has 2 rings (SSSR count). The number of hydrogen-bond donors (Lipinski definition) is 2. The van der Waals surface area contributed by atoms with E-state index in [0.717, 1.165) is 0 Å². The first-order valence-electron chi connectivity index (χ1n) is 7.08. The second-order valence-electron chi connectivity index (χ2n) is 6.43. The second-order valence-corrected chi connectivity index (χ2v) is 6.43. The van der Waals surface area contributed by atoms with Crippen molar-refractivity contribution in [3.05, 3.63) is 35.4 Å². The van der Waals surface area contributed by atoms with Gasteiger partial charge in [-0.25, -0.2) is 9.48 Å². The van der Waals surface area contributed by atoms with Crippen LogP contribution in [0, 0.1) is 12.3 Å². The molecule has 0 bridgehead atoms. The molecule has 0 radical (unpaired) electrons. The summed E-state index contributed by atoms with van der Waals surface area (Å²) in [6.07, 6.45) is 2.72. The number of nitrogens with zero attached hydrogens (tertiary/aromatic N) is 4. The van der Waals surface area contributed by atoms with Crippen molar-refractivity contribution in [2.75, 3.05) is 6.54 Å². The number of hydrogen-bond acceptors (Lipinski definition) is 5. The van der Waals surface area contributed by atoms with E-state index in [1.807, 2.05) is 20.8 Å². The third-order valence-electron chi connectivity index (χ3n) is 3.06. The largest absolute Gasteiger partial charge is 0.478 e. The normalized spacial score (nSPS) is 11.3. The molecule has 2 aromatic heterocycles. The van der Waals surface area contributed by atoms with Crippen molar-refractivity contribution in [3.63, 3.8) is 0 Å². The summed E-state index contributed by atoms with van der Waals surface area (Å²) in [7, 11) is 0. The first-order valence-corrected chi connectivity index (χ1v) is 7.08. The van der Waals surface area contributed by atoms with Crippen LogP contribution >= 0.6 is 0 Å². The summed E-state index contributed by atoms with van der Waals surface area (Å²) in [5.41, 5.74) is 1.21. The molecule has 1 amide bonds. The fourth-order valence-electron chi connectivity index (χ4n) is 1.79. The minimum atomic E-state index is -1.08. The van der Waals surface area contributed by atoms with Gasteiger partial charge in [0, 0.05) is 12.7 Å². The molecule has 8 nitrogen and oxygen atoms in total. The number of carboxylic acids is 1. The van der Waals surface area contributed by atoms with Crippen molar-refractivity contribution >= 4 is 11.9 Å². The highest BCUT2D eigenvalue weighted by Crippen LogP contribution is 2.14. The Kier molecular flexibility index (Phi) is 4.44. The van der Waals surface area contributed by atoms with Gasteiger partial charge < -0.3 is 10.4 Å². The van der Waals surface area contributed by atoms with E-state index in [4.69, 9.17) is 5.11 Å². The Labute approximate surface area is 133 Å². The van der Waals surface area contributed by atoms with Gasteiger partial charge in [-0.2, -0.15) is 0 Å². The van der Waals surface area contributed by atoms with E-state index < -0.39 is 5.97 Å². The molecule has 2 heterocycles. The van der Waals surface area contributed by atoms with Crippen LogP contribution in [0.15, 0.2) is 18.5 Å². The topological polar surface area (TPSA) is 110 Å². The predicted octanol–water partition coefficient (Wildman–Crippen LogP) is 1.44. The van der Waals surface area contributed by atoms with Crippen molar-refractivity contribution in [1.29, 1.82) is 0 Å². The Morgan fingerprint density at radius 2 is 2.04 bits per heavy atom. The van der Waals surface area contributed by atoms with Crippen LogP contribution in [0.2, 0.25) is 0 Å². The van der Waals surface area contributed by atoms with Crippen LogP contribution in [0.4, 0.5) is 0 Å². The minimum Gasteiger partial charge on any atom is -0.478 e. The Morgan fingerprint density at radius 3 is 2.65 bits per heavy atom. The van der Waals surface area contributed by atoms with Crippen LogP contribution in [0.1, 0.15) is 47.3 Å². The maximum atomic E-state index is 12.1. The standard InChI is InChI=1S/C15H19N5O3/c1-9-12(5-10(6-16-9)14(22)23)20-7-11(18-19-20)13(21)17-8-15(2,3)4/h5-7H,8H2,1-4H3,(H,17,21)(H,22,23). The summed E-state index contributed by atoms with van der Waals surface area (Å²) in [6, 6.07) is 1.44. The van der Waals surface area contributed by atoms with Crippen LogP contribution in [-0.2, 0) is 0 Å². The van der Waals surface area contributed by atoms with Gasteiger partial charge in [-0.05, 0) is 18.4 Å². The molecule has 0 aromatic carbocycles. The maximum absolute atomic E-state index is 12.1. The van der Waals surface area contributed by atoms with Gasteiger partial charge in [0.25, 0.3) is 5.91 Å². The third-order valence-corrected chi connectivity index (χ3v) is 3.06. The van der Waals surface area contributed by atoms with Crippen molar-refractivity contribution in [1.82, 2.24) is 25.3 Å². The third kappa shape index (κ3) is 4.12. The Hall–Kier alpha value is -2.77. The summed E-state index contributed by atoms with van der Waals surface area (Å²) in [5.74, 6) is -1.41. The molecule has 0 aliphatic heterocycles. The van der Waals surface area contributed by atoms with Gasteiger partial charge >= 0.3 is 5.97 Å². The molecule has 8 heteroatoms. The van der Waals surface area contributed by atoms with Gasteiger partial charge in [-0.3, -0.25) is 9.78 Å². The molecule has 0 aliphatic rings. The van der Waals surface area contributed by atoms with Crippen molar-refractivity contribution in [2.45, 2.75) is 27.7 Å². The van der Waals surface area contributed by atoms with Gasteiger partial charge in [0.2, 0.25) is 0 Å². The zero-order chi connectivity index (χ0) is 17.2. The van der Waals surface area contributed by atoms with Gasteiger partial charge in [0.05, 0.1) is 23.1 Å². The Morgan fingerprint density at radius 1 is 1.35 bits per heavy atom. The van der Waals surface area contributed by atoms with E-state index in [1.165, 1.54) is 23.1 Å². The monoisotopic (exact) mass is 317 g/mol. The van der Waals surface area contributed by atoms with Gasteiger partial charge in [0.15, 0.2) is 5.69 Å². The number of aromatic carboxylic acids is 1. The molecular weight excluding hydrogens is 298 g/mol. The summed E-state index contributed by atoms with van der Waals surface area (Å²) >= 11 is 0. The molecule has 0 spiro atoms. The molecule has 0 aliphatic carbocycles. The lowest BCUT2D eigenvalue weighted by molar-refractivity contribution is 0.0696. The molecule has 0 fully saturated rings. The molecule has 2 aromatic rings. The van der Waals surface area contributed by atoms with E-state index >= 15 is 0 Å². The number of carboxylic acid groups (broad SMARTS) is 1. The lowest BCUT2D eigenvalue weighted by Gasteiger charge is -2.17. The van der Waals surface area contributed by atoms with Gasteiger partial charge in [0.1, 0.15) is 0 Å². The van der Waals surface area contributed by atoms with E-state index in [-0.39, 0.29) is 22.6 Å². The molecule has 0 unspecified atom stereocenters. The van der Waals surface area contributed by atoms with Crippen molar-refractivity contribution in [3.8, 4) is 5.69 Å². The summed E-state index contributed by atoms with van der Waals surface area (Å²) in [4.78, 5) is 27.1. The van der Waals surface area contributed by atoms with E-state index in [2.05, 4.69) is 20.6 Å². The quantitative estimate of drug-likeness (QED) is 0.883. The van der Waals surface area contributed by atoms with Crippen LogP contribution in [0.3, 0.4) is 0 Å². The zero-order valence-electron chi connectivity index (χ0n) is 13.5. The SMILES string of the molecule is Cc1ncc(C(=O)O)cc1-n1cc(C(=O)NCC(C)(C)C)nn1. The molecule has 122 valence electrons. The zero-order valence-corrected chi connectivity index (χ0v) is 13.5. The number of carbonyl (C=O) groups excluding carboxylic acids is 1.